The Hall–Kier alpha value is -1.22. The quantitative estimate of drug-likeness (QED) is 0.841. The molecular formula is C15H23NO2. The lowest BCUT2D eigenvalue weighted by molar-refractivity contribution is 0.246. The molecule has 0 aliphatic heterocycles. The van der Waals surface area contributed by atoms with Crippen molar-refractivity contribution in [3.05, 3.63) is 23.8 Å². The van der Waals surface area contributed by atoms with Gasteiger partial charge < -0.3 is 14.8 Å². The van der Waals surface area contributed by atoms with E-state index in [0.29, 0.717) is 5.92 Å². The van der Waals surface area contributed by atoms with E-state index in [0.717, 1.165) is 30.5 Å². The second kappa shape index (κ2) is 6.10. The van der Waals surface area contributed by atoms with Gasteiger partial charge in [0, 0.05) is 0 Å². The molecule has 100 valence electrons. The molecule has 2 unspecified atom stereocenters. The second-order valence-electron chi connectivity index (χ2n) is 4.87. The second-order valence-corrected chi connectivity index (χ2v) is 4.87. The third-order valence-corrected chi connectivity index (χ3v) is 3.91. The van der Waals surface area contributed by atoms with Crippen LogP contribution in [0.25, 0.3) is 0 Å². The Morgan fingerprint density at radius 1 is 1.17 bits per heavy atom. The summed E-state index contributed by atoms with van der Waals surface area (Å²) in [5, 5.41) is 3.45. The Kier molecular flexibility index (Phi) is 4.48. The van der Waals surface area contributed by atoms with Gasteiger partial charge in [0.15, 0.2) is 11.5 Å². The van der Waals surface area contributed by atoms with Gasteiger partial charge in [-0.2, -0.15) is 0 Å². The predicted molar refractivity (Wildman–Crippen MR) is 73.6 cm³/mol. The molecule has 18 heavy (non-hydrogen) atoms. The van der Waals surface area contributed by atoms with E-state index in [1.807, 2.05) is 6.07 Å². The summed E-state index contributed by atoms with van der Waals surface area (Å²) >= 11 is 0. The highest BCUT2D eigenvalue weighted by Gasteiger charge is 2.31. The van der Waals surface area contributed by atoms with Crippen molar-refractivity contribution >= 4 is 0 Å². The molecule has 0 radical (unpaired) electrons. The minimum Gasteiger partial charge on any atom is -0.493 e. The number of nitrogens with one attached hydrogen (secondary N) is 1. The molecule has 0 saturated heterocycles. The standard InChI is InChI=1S/C15H23NO2/c1-4-16-10-12-5-7-13(12)11-6-8-14(17-2)15(9-11)18-3/h6,8-9,12-13,16H,4-5,7,10H2,1-3H3. The van der Waals surface area contributed by atoms with Crippen molar-refractivity contribution in [2.45, 2.75) is 25.7 Å². The summed E-state index contributed by atoms with van der Waals surface area (Å²) < 4.78 is 10.6. The molecule has 3 heteroatoms. The molecule has 1 saturated carbocycles. The van der Waals surface area contributed by atoms with E-state index >= 15 is 0 Å². The van der Waals surface area contributed by atoms with E-state index in [1.54, 1.807) is 14.2 Å². The largest absolute Gasteiger partial charge is 0.493 e. The monoisotopic (exact) mass is 249 g/mol. The molecule has 0 amide bonds. The molecule has 3 nitrogen and oxygen atoms in total. The minimum absolute atomic E-state index is 0.670. The van der Waals surface area contributed by atoms with Crippen molar-refractivity contribution in [2.75, 3.05) is 27.3 Å². The zero-order chi connectivity index (χ0) is 13.0. The SMILES string of the molecule is CCNCC1CCC1c1ccc(OC)c(OC)c1. The van der Waals surface area contributed by atoms with Gasteiger partial charge in [-0.25, -0.2) is 0 Å². The number of ether oxygens (including phenoxy) is 2. The first-order valence-electron chi connectivity index (χ1n) is 6.72. The fourth-order valence-electron chi connectivity index (χ4n) is 2.67. The molecule has 0 heterocycles. The van der Waals surface area contributed by atoms with E-state index in [9.17, 15) is 0 Å². The molecule has 2 rings (SSSR count). The molecule has 1 N–H and O–H groups in total. The summed E-state index contributed by atoms with van der Waals surface area (Å²) in [5.41, 5.74) is 1.38. The number of benzene rings is 1. The number of hydrogen-bond donors (Lipinski definition) is 1. The van der Waals surface area contributed by atoms with E-state index in [4.69, 9.17) is 9.47 Å². The van der Waals surface area contributed by atoms with Gasteiger partial charge in [0.1, 0.15) is 0 Å². The third kappa shape index (κ3) is 2.61. The van der Waals surface area contributed by atoms with Crippen LogP contribution in [0.1, 0.15) is 31.2 Å². The molecule has 1 aliphatic carbocycles. The van der Waals surface area contributed by atoms with Crippen molar-refractivity contribution in [1.82, 2.24) is 5.32 Å². The van der Waals surface area contributed by atoms with Crippen LogP contribution in [0.5, 0.6) is 11.5 Å². The van der Waals surface area contributed by atoms with Crippen LogP contribution in [-0.2, 0) is 0 Å². The normalized spacial score (nSPS) is 22.4. The fraction of sp³-hybridized carbons (Fsp3) is 0.600. The van der Waals surface area contributed by atoms with E-state index in [1.165, 1.54) is 18.4 Å². The molecule has 2 atom stereocenters. The Balaban J connectivity index is 2.09. The van der Waals surface area contributed by atoms with Crippen molar-refractivity contribution < 1.29 is 9.47 Å². The van der Waals surface area contributed by atoms with Gasteiger partial charge in [0.05, 0.1) is 14.2 Å². The van der Waals surface area contributed by atoms with Crippen molar-refractivity contribution in [2.24, 2.45) is 5.92 Å². The molecule has 1 aromatic rings. The van der Waals surface area contributed by atoms with Crippen molar-refractivity contribution in [3.63, 3.8) is 0 Å². The summed E-state index contributed by atoms with van der Waals surface area (Å²) in [6.45, 7) is 4.33. The topological polar surface area (TPSA) is 30.5 Å². The predicted octanol–water partition coefficient (Wildman–Crippen LogP) is 2.81. The van der Waals surface area contributed by atoms with Crippen LogP contribution in [0.4, 0.5) is 0 Å². The van der Waals surface area contributed by atoms with Crippen LogP contribution < -0.4 is 14.8 Å². The molecular weight excluding hydrogens is 226 g/mol. The average molecular weight is 249 g/mol. The van der Waals surface area contributed by atoms with Crippen LogP contribution in [0.2, 0.25) is 0 Å². The Labute approximate surface area is 109 Å². The van der Waals surface area contributed by atoms with Crippen LogP contribution in [0.3, 0.4) is 0 Å². The molecule has 0 spiro atoms. The van der Waals surface area contributed by atoms with E-state index < -0.39 is 0 Å². The molecule has 1 fully saturated rings. The fourth-order valence-corrected chi connectivity index (χ4v) is 2.67. The summed E-state index contributed by atoms with van der Waals surface area (Å²) in [4.78, 5) is 0. The third-order valence-electron chi connectivity index (χ3n) is 3.91. The smallest absolute Gasteiger partial charge is 0.160 e. The lowest BCUT2D eigenvalue weighted by Gasteiger charge is -2.37. The minimum atomic E-state index is 0.670. The molecule has 0 bridgehead atoms. The molecule has 1 aromatic carbocycles. The highest BCUT2D eigenvalue weighted by Crippen LogP contribution is 2.44. The lowest BCUT2D eigenvalue weighted by atomic mass is 9.70. The molecule has 0 aromatic heterocycles. The Morgan fingerprint density at radius 3 is 2.50 bits per heavy atom. The van der Waals surface area contributed by atoms with Crippen molar-refractivity contribution in [3.8, 4) is 11.5 Å². The van der Waals surface area contributed by atoms with Crippen molar-refractivity contribution in [1.29, 1.82) is 0 Å². The average Bonchev–Trinajstić information content (AvgIpc) is 2.37. The van der Waals surface area contributed by atoms with Gasteiger partial charge in [0.2, 0.25) is 0 Å². The van der Waals surface area contributed by atoms with Gasteiger partial charge in [-0.3, -0.25) is 0 Å². The van der Waals surface area contributed by atoms with Crippen LogP contribution >= 0.6 is 0 Å². The molecule has 1 aliphatic rings. The first-order chi connectivity index (χ1) is 8.80. The lowest BCUT2D eigenvalue weighted by Crippen LogP contribution is -2.33. The summed E-state index contributed by atoms with van der Waals surface area (Å²) in [6, 6.07) is 6.31. The number of hydrogen-bond acceptors (Lipinski definition) is 3. The maximum atomic E-state index is 5.37. The maximum Gasteiger partial charge on any atom is 0.160 e. The zero-order valence-electron chi connectivity index (χ0n) is 11.5. The zero-order valence-corrected chi connectivity index (χ0v) is 11.5. The van der Waals surface area contributed by atoms with E-state index in [2.05, 4.69) is 24.4 Å². The first kappa shape index (κ1) is 13.2. The highest BCUT2D eigenvalue weighted by atomic mass is 16.5. The summed E-state index contributed by atoms with van der Waals surface area (Å²) in [7, 11) is 3.37. The van der Waals surface area contributed by atoms with Gasteiger partial charge in [-0.05, 0) is 55.5 Å². The van der Waals surface area contributed by atoms with E-state index in [-0.39, 0.29) is 0 Å². The van der Waals surface area contributed by atoms with Gasteiger partial charge in [-0.1, -0.05) is 13.0 Å². The first-order valence-corrected chi connectivity index (χ1v) is 6.72. The summed E-state index contributed by atoms with van der Waals surface area (Å²) in [5.74, 6) is 3.08. The Bertz CT molecular complexity index is 392. The van der Waals surface area contributed by atoms with Gasteiger partial charge >= 0.3 is 0 Å². The van der Waals surface area contributed by atoms with Gasteiger partial charge in [-0.15, -0.1) is 0 Å². The Morgan fingerprint density at radius 2 is 1.94 bits per heavy atom. The number of rotatable bonds is 6. The van der Waals surface area contributed by atoms with Crippen LogP contribution in [-0.4, -0.2) is 27.3 Å². The van der Waals surface area contributed by atoms with Crippen LogP contribution in [0.15, 0.2) is 18.2 Å². The highest BCUT2D eigenvalue weighted by molar-refractivity contribution is 5.44. The number of methoxy groups -OCH3 is 2. The van der Waals surface area contributed by atoms with Gasteiger partial charge in [0.25, 0.3) is 0 Å². The summed E-state index contributed by atoms with van der Waals surface area (Å²) in [6.07, 6.45) is 2.61. The van der Waals surface area contributed by atoms with Crippen LogP contribution in [0, 0.1) is 5.92 Å². The maximum absolute atomic E-state index is 5.37.